The van der Waals surface area contributed by atoms with E-state index in [0.717, 1.165) is 23.6 Å². The normalized spacial score (nSPS) is 13.4. The highest BCUT2D eigenvalue weighted by molar-refractivity contribution is 8.00. The Bertz CT molecular complexity index is 731. The molecular formula is C20H21NO3S. The molecule has 0 spiro atoms. The maximum absolute atomic E-state index is 12.1. The van der Waals surface area contributed by atoms with Crippen molar-refractivity contribution in [1.82, 2.24) is 0 Å². The smallest absolute Gasteiger partial charge is 0.234 e. The van der Waals surface area contributed by atoms with Crippen LogP contribution >= 0.6 is 11.8 Å². The van der Waals surface area contributed by atoms with Crippen LogP contribution in [0.25, 0.3) is 6.08 Å². The molecule has 1 amide bonds. The Balaban J connectivity index is 1.43. The van der Waals surface area contributed by atoms with Gasteiger partial charge < -0.3 is 14.8 Å². The molecule has 0 aliphatic carbocycles. The van der Waals surface area contributed by atoms with Crippen LogP contribution in [0.15, 0.2) is 54.6 Å². The maximum Gasteiger partial charge on any atom is 0.234 e. The third kappa shape index (κ3) is 5.57. The first-order valence-electron chi connectivity index (χ1n) is 8.30. The molecule has 0 fully saturated rings. The summed E-state index contributed by atoms with van der Waals surface area (Å²) in [5.41, 5.74) is 1.90. The van der Waals surface area contributed by atoms with E-state index < -0.39 is 0 Å². The summed E-state index contributed by atoms with van der Waals surface area (Å²) in [7, 11) is 0. The van der Waals surface area contributed by atoms with Gasteiger partial charge in [-0.1, -0.05) is 42.5 Å². The van der Waals surface area contributed by atoms with E-state index in [1.54, 1.807) is 11.8 Å². The molecule has 0 saturated heterocycles. The van der Waals surface area contributed by atoms with E-state index in [9.17, 15) is 4.79 Å². The summed E-state index contributed by atoms with van der Waals surface area (Å²) in [6, 6.07) is 15.6. The monoisotopic (exact) mass is 355 g/mol. The summed E-state index contributed by atoms with van der Waals surface area (Å²) in [5, 5.41) is 2.90. The van der Waals surface area contributed by atoms with Crippen LogP contribution in [0.3, 0.4) is 0 Å². The van der Waals surface area contributed by atoms with Crippen molar-refractivity contribution in [2.45, 2.75) is 6.42 Å². The van der Waals surface area contributed by atoms with Gasteiger partial charge in [0.25, 0.3) is 0 Å². The number of benzene rings is 2. The second kappa shape index (κ2) is 9.18. The van der Waals surface area contributed by atoms with Crippen molar-refractivity contribution in [3.63, 3.8) is 0 Å². The predicted octanol–water partition coefficient (Wildman–Crippen LogP) is 4.23. The average Bonchev–Trinajstić information content (AvgIpc) is 2.87. The van der Waals surface area contributed by atoms with Crippen LogP contribution in [0.4, 0.5) is 5.69 Å². The molecule has 1 heterocycles. The van der Waals surface area contributed by atoms with Crippen LogP contribution in [0.1, 0.15) is 12.0 Å². The molecule has 0 bridgehead atoms. The third-order valence-electron chi connectivity index (χ3n) is 3.59. The van der Waals surface area contributed by atoms with E-state index in [4.69, 9.17) is 9.47 Å². The molecule has 0 radical (unpaired) electrons. The van der Waals surface area contributed by atoms with Gasteiger partial charge in [0.15, 0.2) is 11.5 Å². The fourth-order valence-corrected chi connectivity index (χ4v) is 3.01. The lowest BCUT2D eigenvalue weighted by atomic mass is 10.2. The average molecular weight is 355 g/mol. The fourth-order valence-electron chi connectivity index (χ4n) is 2.41. The zero-order chi connectivity index (χ0) is 17.3. The van der Waals surface area contributed by atoms with Crippen LogP contribution in [-0.2, 0) is 4.79 Å². The molecule has 130 valence electrons. The minimum Gasteiger partial charge on any atom is -0.490 e. The van der Waals surface area contributed by atoms with Crippen molar-refractivity contribution < 1.29 is 14.3 Å². The lowest BCUT2D eigenvalue weighted by Gasteiger charge is -2.10. The van der Waals surface area contributed by atoms with E-state index in [2.05, 4.69) is 29.6 Å². The van der Waals surface area contributed by atoms with Gasteiger partial charge in [-0.15, -0.1) is 11.8 Å². The van der Waals surface area contributed by atoms with E-state index in [1.165, 1.54) is 5.56 Å². The van der Waals surface area contributed by atoms with Gasteiger partial charge in [-0.25, -0.2) is 0 Å². The highest BCUT2D eigenvalue weighted by atomic mass is 32.2. The van der Waals surface area contributed by atoms with E-state index in [0.29, 0.717) is 24.7 Å². The zero-order valence-corrected chi connectivity index (χ0v) is 14.8. The summed E-state index contributed by atoms with van der Waals surface area (Å²) in [4.78, 5) is 12.1. The summed E-state index contributed by atoms with van der Waals surface area (Å²) < 4.78 is 11.2. The Morgan fingerprint density at radius 2 is 1.88 bits per heavy atom. The van der Waals surface area contributed by atoms with Crippen LogP contribution in [0.5, 0.6) is 11.5 Å². The predicted molar refractivity (Wildman–Crippen MR) is 103 cm³/mol. The molecule has 4 nitrogen and oxygen atoms in total. The van der Waals surface area contributed by atoms with Crippen molar-refractivity contribution in [2.75, 3.05) is 30.0 Å². The van der Waals surface area contributed by atoms with Crippen LogP contribution in [0.2, 0.25) is 0 Å². The molecule has 0 atom stereocenters. The quantitative estimate of drug-likeness (QED) is 0.788. The van der Waals surface area contributed by atoms with Crippen molar-refractivity contribution in [3.05, 3.63) is 60.2 Å². The number of thioether (sulfide) groups is 1. The van der Waals surface area contributed by atoms with Gasteiger partial charge >= 0.3 is 0 Å². The van der Waals surface area contributed by atoms with Crippen molar-refractivity contribution in [2.24, 2.45) is 0 Å². The first kappa shape index (κ1) is 17.4. The number of hydrogen-bond donors (Lipinski definition) is 1. The minimum atomic E-state index is -0.0207. The Kier molecular flexibility index (Phi) is 6.40. The van der Waals surface area contributed by atoms with Gasteiger partial charge in [-0.2, -0.15) is 0 Å². The first-order chi connectivity index (χ1) is 12.3. The number of hydrogen-bond acceptors (Lipinski definition) is 4. The summed E-state index contributed by atoms with van der Waals surface area (Å²) in [6.45, 7) is 1.29. The van der Waals surface area contributed by atoms with E-state index in [1.807, 2.05) is 36.4 Å². The van der Waals surface area contributed by atoms with Gasteiger partial charge in [0.2, 0.25) is 5.91 Å². The summed E-state index contributed by atoms with van der Waals surface area (Å²) in [5.74, 6) is 2.61. The van der Waals surface area contributed by atoms with Crippen molar-refractivity contribution in [1.29, 1.82) is 0 Å². The van der Waals surface area contributed by atoms with Gasteiger partial charge in [0.05, 0.1) is 19.0 Å². The molecule has 1 aliphatic rings. The van der Waals surface area contributed by atoms with Crippen molar-refractivity contribution in [3.8, 4) is 11.5 Å². The van der Waals surface area contributed by atoms with Crippen LogP contribution in [-0.4, -0.2) is 30.6 Å². The Labute approximate surface area is 152 Å². The Morgan fingerprint density at radius 1 is 1.08 bits per heavy atom. The third-order valence-corrected chi connectivity index (χ3v) is 4.48. The lowest BCUT2D eigenvalue weighted by Crippen LogP contribution is -2.14. The lowest BCUT2D eigenvalue weighted by molar-refractivity contribution is -0.113. The number of rotatable bonds is 6. The SMILES string of the molecule is O=C(CSC/C=C/c1ccccc1)Nc1ccc2c(c1)OCCCO2. The molecular weight excluding hydrogens is 334 g/mol. The second-order valence-electron chi connectivity index (χ2n) is 5.59. The number of ether oxygens (including phenoxy) is 2. The molecule has 0 aromatic heterocycles. The number of amides is 1. The summed E-state index contributed by atoms with van der Waals surface area (Å²) in [6.07, 6.45) is 5.00. The zero-order valence-electron chi connectivity index (χ0n) is 13.9. The van der Waals surface area contributed by atoms with Crippen LogP contribution < -0.4 is 14.8 Å². The molecule has 3 rings (SSSR count). The van der Waals surface area contributed by atoms with Crippen molar-refractivity contribution >= 4 is 29.4 Å². The van der Waals surface area contributed by atoms with E-state index >= 15 is 0 Å². The Morgan fingerprint density at radius 3 is 2.72 bits per heavy atom. The topological polar surface area (TPSA) is 47.6 Å². The highest BCUT2D eigenvalue weighted by Gasteiger charge is 2.11. The fraction of sp³-hybridized carbons (Fsp3) is 0.250. The molecule has 2 aromatic carbocycles. The van der Waals surface area contributed by atoms with Gasteiger partial charge in [0.1, 0.15) is 0 Å². The standard InChI is InChI=1S/C20H21NO3S/c22-20(15-25-13-4-8-16-6-2-1-3-7-16)21-17-9-10-18-19(14-17)24-12-5-11-23-18/h1-4,6-10,14H,5,11-13,15H2,(H,21,22)/b8-4+. The molecule has 0 unspecified atom stereocenters. The second-order valence-corrected chi connectivity index (χ2v) is 6.62. The largest absolute Gasteiger partial charge is 0.490 e. The first-order valence-corrected chi connectivity index (χ1v) is 9.45. The van der Waals surface area contributed by atoms with Gasteiger partial charge in [-0.05, 0) is 17.7 Å². The maximum atomic E-state index is 12.1. The molecule has 0 saturated carbocycles. The Hall–Kier alpha value is -2.40. The molecule has 25 heavy (non-hydrogen) atoms. The number of carbonyl (C=O) groups excluding carboxylic acids is 1. The highest BCUT2D eigenvalue weighted by Crippen LogP contribution is 2.32. The summed E-state index contributed by atoms with van der Waals surface area (Å²) >= 11 is 1.58. The molecule has 1 aliphatic heterocycles. The number of anilines is 1. The minimum absolute atomic E-state index is 0.0207. The molecule has 2 aromatic rings. The number of fused-ring (bicyclic) bond motifs is 1. The van der Waals surface area contributed by atoms with Gasteiger partial charge in [-0.3, -0.25) is 4.79 Å². The van der Waals surface area contributed by atoms with Crippen LogP contribution in [0, 0.1) is 0 Å². The number of carbonyl (C=O) groups is 1. The van der Waals surface area contributed by atoms with E-state index in [-0.39, 0.29) is 5.91 Å². The number of nitrogens with one attached hydrogen (secondary N) is 1. The van der Waals surface area contributed by atoms with Gasteiger partial charge in [0, 0.05) is 23.9 Å². The molecule has 5 heteroatoms. The molecule has 1 N–H and O–H groups in total.